The summed E-state index contributed by atoms with van der Waals surface area (Å²) in [6, 6.07) is 3.98. The highest BCUT2D eigenvalue weighted by atomic mass is 35.5. The number of carbonyl (C=O) groups excluding carboxylic acids is 1. The number of alkyl halides is 2. The Morgan fingerprint density at radius 1 is 1.44 bits per heavy atom. The standard InChI is InChI=1S/C21H18ClF2N5O3/c1-2-3-6-31-17-10-26-15(9-27-17)18(30)28-11-4-5-14(22)12(7-11)21(19(23)24)13-8-16(13)32-20(25)29-21/h4-5,7,9-10,13,16,19H,6,8H2,1H3,(H2,25,29)(H,28,30)/t13-,16+,21+/m0/s1. The molecule has 1 saturated carbocycles. The number of benzene rings is 1. The number of amidine groups is 1. The molecule has 3 N–H and O–H groups in total. The van der Waals surface area contributed by atoms with E-state index in [1.165, 1.54) is 30.6 Å². The van der Waals surface area contributed by atoms with Crippen molar-refractivity contribution in [1.29, 1.82) is 0 Å². The van der Waals surface area contributed by atoms with Crippen molar-refractivity contribution in [2.75, 3.05) is 11.9 Å². The minimum absolute atomic E-state index is 0.00888. The average molecular weight is 462 g/mol. The molecule has 0 unspecified atom stereocenters. The van der Waals surface area contributed by atoms with E-state index in [1.54, 1.807) is 6.92 Å². The van der Waals surface area contributed by atoms with Crippen LogP contribution in [-0.4, -0.2) is 41.0 Å². The van der Waals surface area contributed by atoms with E-state index in [4.69, 9.17) is 26.8 Å². The quantitative estimate of drug-likeness (QED) is 0.640. The van der Waals surface area contributed by atoms with Crippen LogP contribution in [0.15, 0.2) is 35.6 Å². The van der Waals surface area contributed by atoms with Crippen molar-refractivity contribution >= 4 is 29.2 Å². The molecule has 32 heavy (non-hydrogen) atoms. The Morgan fingerprint density at radius 3 is 2.94 bits per heavy atom. The number of nitrogens with one attached hydrogen (secondary N) is 1. The molecule has 1 aliphatic carbocycles. The van der Waals surface area contributed by atoms with Gasteiger partial charge in [-0.25, -0.2) is 23.7 Å². The number of nitrogens with zero attached hydrogens (tertiary/aromatic N) is 3. The molecule has 1 amide bonds. The fourth-order valence-corrected chi connectivity index (χ4v) is 3.86. The van der Waals surface area contributed by atoms with E-state index in [1.807, 2.05) is 0 Å². The molecule has 166 valence electrons. The Hall–Kier alpha value is -3.45. The number of aliphatic imine (C=N–C) groups is 1. The summed E-state index contributed by atoms with van der Waals surface area (Å²) in [6.45, 7) is 1.83. The molecular weight excluding hydrogens is 444 g/mol. The Balaban J connectivity index is 1.57. The second-order valence-corrected chi connectivity index (χ2v) is 7.59. The average Bonchev–Trinajstić information content (AvgIpc) is 3.54. The van der Waals surface area contributed by atoms with E-state index in [9.17, 15) is 13.6 Å². The molecule has 2 aromatic rings. The summed E-state index contributed by atoms with van der Waals surface area (Å²) < 4.78 is 39.1. The van der Waals surface area contributed by atoms with Crippen LogP contribution in [0.5, 0.6) is 5.88 Å². The zero-order chi connectivity index (χ0) is 22.9. The maximum atomic E-state index is 14.3. The molecule has 2 aliphatic rings. The molecule has 1 fully saturated rings. The van der Waals surface area contributed by atoms with Gasteiger partial charge in [-0.15, -0.1) is 5.92 Å². The van der Waals surface area contributed by atoms with Crippen LogP contribution in [-0.2, 0) is 10.3 Å². The number of fused-ring (bicyclic) bond motifs is 1. The lowest BCUT2D eigenvalue weighted by molar-refractivity contribution is 0.0197. The van der Waals surface area contributed by atoms with Crippen LogP contribution in [0.3, 0.4) is 0 Å². The Bertz CT molecular complexity index is 1130. The summed E-state index contributed by atoms with van der Waals surface area (Å²) in [5.74, 6) is 4.46. The monoisotopic (exact) mass is 461 g/mol. The third-order valence-electron chi connectivity index (χ3n) is 5.18. The topological polar surface area (TPSA) is 112 Å². The second-order valence-electron chi connectivity index (χ2n) is 7.18. The molecule has 0 spiro atoms. The molecular formula is C21H18ClF2N5O3. The van der Waals surface area contributed by atoms with Crippen LogP contribution in [0.4, 0.5) is 14.5 Å². The molecule has 2 heterocycles. The molecule has 8 nitrogen and oxygen atoms in total. The van der Waals surface area contributed by atoms with Gasteiger partial charge < -0.3 is 20.5 Å². The first-order chi connectivity index (χ1) is 15.3. The van der Waals surface area contributed by atoms with Gasteiger partial charge in [-0.05, 0) is 31.5 Å². The summed E-state index contributed by atoms with van der Waals surface area (Å²) in [4.78, 5) is 24.5. The Labute approximate surface area is 187 Å². The van der Waals surface area contributed by atoms with E-state index in [0.29, 0.717) is 6.42 Å². The van der Waals surface area contributed by atoms with E-state index in [-0.39, 0.29) is 40.5 Å². The van der Waals surface area contributed by atoms with Gasteiger partial charge in [0.1, 0.15) is 11.8 Å². The highest BCUT2D eigenvalue weighted by Gasteiger charge is 2.64. The van der Waals surface area contributed by atoms with Crippen molar-refractivity contribution in [2.24, 2.45) is 16.6 Å². The minimum atomic E-state index is -2.88. The van der Waals surface area contributed by atoms with Crippen LogP contribution in [0.25, 0.3) is 0 Å². The normalized spacial score (nSPS) is 23.2. The zero-order valence-corrected chi connectivity index (χ0v) is 17.6. The fraction of sp³-hybridized carbons (Fsp3) is 0.333. The lowest BCUT2D eigenvalue weighted by Crippen LogP contribution is -2.43. The van der Waals surface area contributed by atoms with Gasteiger partial charge in [0.05, 0.1) is 12.4 Å². The first-order valence-corrected chi connectivity index (χ1v) is 9.99. The summed E-state index contributed by atoms with van der Waals surface area (Å²) in [7, 11) is 0. The zero-order valence-electron chi connectivity index (χ0n) is 16.8. The number of anilines is 1. The molecule has 0 radical (unpaired) electrons. The second kappa shape index (κ2) is 8.59. The van der Waals surface area contributed by atoms with Gasteiger partial charge in [-0.3, -0.25) is 4.79 Å². The number of rotatable bonds is 6. The van der Waals surface area contributed by atoms with E-state index < -0.39 is 29.9 Å². The van der Waals surface area contributed by atoms with Crippen molar-refractivity contribution < 1.29 is 23.0 Å². The summed E-state index contributed by atoms with van der Waals surface area (Å²) in [6.07, 6.45) is -0.401. The Kier molecular flexibility index (Phi) is 5.84. The molecule has 11 heteroatoms. The van der Waals surface area contributed by atoms with Crippen molar-refractivity contribution in [3.05, 3.63) is 46.9 Å². The Morgan fingerprint density at radius 2 is 2.25 bits per heavy atom. The highest BCUT2D eigenvalue weighted by Crippen LogP contribution is 2.57. The first kappa shape index (κ1) is 21.8. The third-order valence-corrected chi connectivity index (χ3v) is 5.51. The molecule has 4 rings (SSSR count). The van der Waals surface area contributed by atoms with E-state index in [2.05, 4.69) is 32.1 Å². The smallest absolute Gasteiger partial charge is 0.283 e. The number of carbonyl (C=O) groups is 1. The van der Waals surface area contributed by atoms with Crippen LogP contribution in [0.1, 0.15) is 29.4 Å². The van der Waals surface area contributed by atoms with Crippen molar-refractivity contribution in [3.8, 4) is 17.7 Å². The molecule has 0 bridgehead atoms. The van der Waals surface area contributed by atoms with Crippen LogP contribution in [0.2, 0.25) is 5.02 Å². The predicted octanol–water partition coefficient (Wildman–Crippen LogP) is 2.98. The van der Waals surface area contributed by atoms with Gasteiger partial charge in [0.2, 0.25) is 5.88 Å². The molecule has 3 atom stereocenters. The number of amides is 1. The minimum Gasteiger partial charge on any atom is -0.463 e. The number of hydrogen-bond donors (Lipinski definition) is 2. The predicted molar refractivity (Wildman–Crippen MR) is 113 cm³/mol. The van der Waals surface area contributed by atoms with Gasteiger partial charge in [-0.1, -0.05) is 17.5 Å². The maximum absolute atomic E-state index is 14.3. The summed E-state index contributed by atoms with van der Waals surface area (Å²) >= 11 is 6.28. The highest BCUT2D eigenvalue weighted by molar-refractivity contribution is 6.31. The van der Waals surface area contributed by atoms with Crippen molar-refractivity contribution in [2.45, 2.75) is 31.4 Å². The summed E-state index contributed by atoms with van der Waals surface area (Å²) in [5, 5.41) is 2.70. The van der Waals surface area contributed by atoms with Gasteiger partial charge in [0.15, 0.2) is 12.1 Å². The maximum Gasteiger partial charge on any atom is 0.283 e. The van der Waals surface area contributed by atoms with Crippen LogP contribution >= 0.6 is 11.6 Å². The van der Waals surface area contributed by atoms with Crippen molar-refractivity contribution in [3.63, 3.8) is 0 Å². The first-order valence-electron chi connectivity index (χ1n) is 9.61. The van der Waals surface area contributed by atoms with E-state index in [0.717, 1.165) is 0 Å². The third kappa shape index (κ3) is 4.03. The van der Waals surface area contributed by atoms with Gasteiger partial charge >= 0.3 is 0 Å². The largest absolute Gasteiger partial charge is 0.463 e. The van der Waals surface area contributed by atoms with Crippen LogP contribution in [0, 0.1) is 17.8 Å². The molecule has 1 aliphatic heterocycles. The van der Waals surface area contributed by atoms with Crippen LogP contribution < -0.4 is 15.8 Å². The SMILES string of the molecule is CC#CCOc1cnc(C(=O)Nc2ccc(Cl)c([C@@]3(C(F)F)N=C(N)O[C@@H]4C[C@@H]43)c2)cn1. The molecule has 1 aromatic carbocycles. The number of aromatic nitrogens is 2. The molecule has 0 saturated heterocycles. The lowest BCUT2D eigenvalue weighted by atomic mass is 9.84. The van der Waals surface area contributed by atoms with Gasteiger partial charge in [-0.2, -0.15) is 0 Å². The van der Waals surface area contributed by atoms with Crippen molar-refractivity contribution in [1.82, 2.24) is 9.97 Å². The lowest BCUT2D eigenvalue weighted by Gasteiger charge is -2.33. The number of ether oxygens (including phenoxy) is 2. The number of nitrogens with two attached hydrogens (primary N) is 1. The number of halogens is 3. The fourth-order valence-electron chi connectivity index (χ4n) is 3.60. The summed E-state index contributed by atoms with van der Waals surface area (Å²) in [5.41, 5.74) is 4.03. The number of hydrogen-bond acceptors (Lipinski definition) is 7. The van der Waals surface area contributed by atoms with Gasteiger partial charge in [0.25, 0.3) is 18.4 Å². The molecule has 1 aromatic heterocycles. The van der Waals surface area contributed by atoms with Gasteiger partial charge in [0, 0.05) is 22.2 Å². The van der Waals surface area contributed by atoms with E-state index >= 15 is 0 Å².